The Morgan fingerprint density at radius 3 is 2.60 bits per heavy atom. The van der Waals surface area contributed by atoms with Crippen molar-refractivity contribution in [2.75, 3.05) is 18.1 Å². The highest BCUT2D eigenvalue weighted by molar-refractivity contribution is 7.91. The summed E-state index contributed by atoms with van der Waals surface area (Å²) in [5, 5.41) is 3.36. The molecule has 4 nitrogen and oxygen atoms in total. The Kier molecular flexibility index (Phi) is 3.33. The van der Waals surface area contributed by atoms with E-state index in [4.69, 9.17) is 5.73 Å². The summed E-state index contributed by atoms with van der Waals surface area (Å²) in [4.78, 5) is 0. The van der Waals surface area contributed by atoms with Crippen molar-refractivity contribution in [3.8, 4) is 0 Å². The molecule has 88 valence electrons. The van der Waals surface area contributed by atoms with Crippen molar-refractivity contribution < 1.29 is 8.42 Å². The number of sulfone groups is 1. The minimum Gasteiger partial charge on any atom is -0.328 e. The molecule has 0 spiro atoms. The lowest BCUT2D eigenvalue weighted by atomic mass is 10.1. The van der Waals surface area contributed by atoms with E-state index in [9.17, 15) is 8.42 Å². The lowest BCUT2D eigenvalue weighted by Gasteiger charge is -2.15. The van der Waals surface area contributed by atoms with Crippen LogP contribution in [0.1, 0.15) is 25.7 Å². The maximum absolute atomic E-state index is 11.2. The Labute approximate surface area is 91.5 Å². The van der Waals surface area contributed by atoms with E-state index in [2.05, 4.69) is 5.32 Å². The van der Waals surface area contributed by atoms with Crippen molar-refractivity contribution in [2.45, 2.75) is 37.8 Å². The lowest BCUT2D eigenvalue weighted by molar-refractivity contribution is 0.444. The van der Waals surface area contributed by atoms with Gasteiger partial charge in [0.1, 0.15) is 0 Å². The molecular formula is C10H20N2O2S. The Morgan fingerprint density at radius 2 is 2.07 bits per heavy atom. The lowest BCUT2D eigenvalue weighted by Crippen LogP contribution is -2.34. The fraction of sp³-hybridized carbons (Fsp3) is 1.00. The highest BCUT2D eigenvalue weighted by atomic mass is 32.2. The van der Waals surface area contributed by atoms with Crippen LogP contribution in [0.3, 0.4) is 0 Å². The van der Waals surface area contributed by atoms with Crippen LogP contribution in [0.5, 0.6) is 0 Å². The molecule has 2 fully saturated rings. The van der Waals surface area contributed by atoms with E-state index >= 15 is 0 Å². The van der Waals surface area contributed by atoms with Gasteiger partial charge >= 0.3 is 0 Å². The second-order valence-corrected chi connectivity index (χ2v) is 7.18. The zero-order chi connectivity index (χ0) is 10.9. The van der Waals surface area contributed by atoms with Gasteiger partial charge in [0.15, 0.2) is 9.84 Å². The van der Waals surface area contributed by atoms with Crippen LogP contribution in [0.15, 0.2) is 0 Å². The van der Waals surface area contributed by atoms with Crippen molar-refractivity contribution in [3.05, 3.63) is 0 Å². The van der Waals surface area contributed by atoms with Crippen LogP contribution in [-0.4, -0.2) is 38.6 Å². The molecule has 3 unspecified atom stereocenters. The minimum atomic E-state index is -2.74. The first-order chi connectivity index (χ1) is 7.05. The van der Waals surface area contributed by atoms with E-state index < -0.39 is 9.84 Å². The second kappa shape index (κ2) is 4.39. The molecular weight excluding hydrogens is 212 g/mol. The molecule has 1 saturated heterocycles. The van der Waals surface area contributed by atoms with E-state index in [0.29, 0.717) is 23.5 Å². The van der Waals surface area contributed by atoms with Gasteiger partial charge in [-0.3, -0.25) is 0 Å². The molecule has 1 saturated carbocycles. The van der Waals surface area contributed by atoms with E-state index in [1.807, 2.05) is 0 Å². The number of rotatable bonds is 3. The predicted molar refractivity (Wildman–Crippen MR) is 60.4 cm³/mol. The number of hydrogen-bond acceptors (Lipinski definition) is 4. The molecule has 15 heavy (non-hydrogen) atoms. The maximum Gasteiger partial charge on any atom is 0.151 e. The molecule has 1 heterocycles. The molecule has 2 aliphatic rings. The monoisotopic (exact) mass is 232 g/mol. The zero-order valence-electron chi connectivity index (χ0n) is 8.98. The van der Waals surface area contributed by atoms with Crippen molar-refractivity contribution in [2.24, 2.45) is 11.7 Å². The minimum absolute atomic E-state index is 0.187. The number of hydrogen-bond donors (Lipinski definition) is 2. The molecule has 0 bridgehead atoms. The van der Waals surface area contributed by atoms with E-state index in [1.165, 1.54) is 6.42 Å². The molecule has 3 atom stereocenters. The SMILES string of the molecule is NC1CCC(CNC2CCS(=O)(=O)C2)C1. The normalized spacial score (nSPS) is 39.7. The molecule has 1 aliphatic carbocycles. The van der Waals surface area contributed by atoms with Crippen molar-refractivity contribution in [1.82, 2.24) is 5.32 Å². The van der Waals surface area contributed by atoms with Crippen LogP contribution in [0.4, 0.5) is 0 Å². The summed E-state index contributed by atoms with van der Waals surface area (Å²) in [6, 6.07) is 0.552. The van der Waals surface area contributed by atoms with Gasteiger partial charge in [0.05, 0.1) is 11.5 Å². The van der Waals surface area contributed by atoms with Crippen LogP contribution in [0.25, 0.3) is 0 Å². The summed E-state index contributed by atoms with van der Waals surface area (Å²) >= 11 is 0. The van der Waals surface area contributed by atoms with Gasteiger partial charge in [-0.1, -0.05) is 0 Å². The highest BCUT2D eigenvalue weighted by Crippen LogP contribution is 2.23. The molecule has 0 radical (unpaired) electrons. The predicted octanol–water partition coefficient (Wildman–Crippen LogP) is -0.110. The molecule has 3 N–H and O–H groups in total. The topological polar surface area (TPSA) is 72.2 Å². The Balaban J connectivity index is 1.71. The van der Waals surface area contributed by atoms with Gasteiger partial charge in [0.25, 0.3) is 0 Å². The molecule has 1 aliphatic heterocycles. The molecule has 0 amide bonds. The smallest absolute Gasteiger partial charge is 0.151 e. The van der Waals surface area contributed by atoms with Gasteiger partial charge in [0.2, 0.25) is 0 Å². The zero-order valence-corrected chi connectivity index (χ0v) is 9.80. The molecule has 0 aromatic rings. The average molecular weight is 232 g/mol. The van der Waals surface area contributed by atoms with Gasteiger partial charge < -0.3 is 11.1 Å². The van der Waals surface area contributed by atoms with Gasteiger partial charge in [-0.15, -0.1) is 0 Å². The van der Waals surface area contributed by atoms with Crippen molar-refractivity contribution in [1.29, 1.82) is 0 Å². The first-order valence-electron chi connectivity index (χ1n) is 5.74. The van der Waals surface area contributed by atoms with Crippen LogP contribution >= 0.6 is 0 Å². The molecule has 0 aromatic carbocycles. The summed E-state index contributed by atoms with van der Waals surface area (Å²) in [6.07, 6.45) is 4.18. The number of nitrogens with two attached hydrogens (primary N) is 1. The van der Waals surface area contributed by atoms with E-state index in [-0.39, 0.29) is 6.04 Å². The van der Waals surface area contributed by atoms with Gasteiger partial charge in [0, 0.05) is 12.1 Å². The molecule has 0 aromatic heterocycles. The third kappa shape index (κ3) is 3.16. The Bertz CT molecular complexity index is 315. The van der Waals surface area contributed by atoms with Crippen molar-refractivity contribution >= 4 is 9.84 Å². The van der Waals surface area contributed by atoms with Crippen molar-refractivity contribution in [3.63, 3.8) is 0 Å². The van der Waals surface area contributed by atoms with Crippen LogP contribution < -0.4 is 11.1 Å². The van der Waals surface area contributed by atoms with E-state index in [1.54, 1.807) is 0 Å². The van der Waals surface area contributed by atoms with Crippen LogP contribution in [0.2, 0.25) is 0 Å². The van der Waals surface area contributed by atoms with Gasteiger partial charge in [-0.2, -0.15) is 0 Å². The Hall–Kier alpha value is -0.130. The highest BCUT2D eigenvalue weighted by Gasteiger charge is 2.29. The van der Waals surface area contributed by atoms with Gasteiger partial charge in [-0.05, 0) is 38.1 Å². The molecule has 2 rings (SSSR count). The first-order valence-corrected chi connectivity index (χ1v) is 7.57. The quantitative estimate of drug-likeness (QED) is 0.712. The third-order valence-corrected chi connectivity index (χ3v) is 5.28. The fourth-order valence-electron chi connectivity index (χ4n) is 2.59. The second-order valence-electron chi connectivity index (χ2n) is 4.95. The summed E-state index contributed by atoms with van der Waals surface area (Å²) in [6.45, 7) is 0.938. The summed E-state index contributed by atoms with van der Waals surface area (Å²) in [5.41, 5.74) is 5.83. The summed E-state index contributed by atoms with van der Waals surface area (Å²) < 4.78 is 22.5. The summed E-state index contributed by atoms with van der Waals surface area (Å²) in [7, 11) is -2.74. The largest absolute Gasteiger partial charge is 0.328 e. The maximum atomic E-state index is 11.2. The third-order valence-electron chi connectivity index (χ3n) is 3.51. The van der Waals surface area contributed by atoms with Crippen LogP contribution in [0, 0.1) is 5.92 Å². The fourth-order valence-corrected chi connectivity index (χ4v) is 4.30. The standard InChI is InChI=1S/C10H20N2O2S/c11-9-2-1-8(5-9)6-12-10-3-4-15(13,14)7-10/h8-10,12H,1-7,11H2. The van der Waals surface area contributed by atoms with E-state index in [0.717, 1.165) is 25.8 Å². The van der Waals surface area contributed by atoms with Gasteiger partial charge in [-0.25, -0.2) is 8.42 Å². The number of nitrogens with one attached hydrogen (secondary N) is 1. The molecule has 5 heteroatoms. The first kappa shape index (κ1) is 11.4. The van der Waals surface area contributed by atoms with Crippen LogP contribution in [-0.2, 0) is 9.84 Å². The average Bonchev–Trinajstić information content (AvgIpc) is 2.69. The Morgan fingerprint density at radius 1 is 1.27 bits per heavy atom. The summed E-state index contributed by atoms with van der Waals surface area (Å²) in [5.74, 6) is 1.34.